The molecule has 2 aromatic rings. The Labute approximate surface area is 75.5 Å². The van der Waals surface area contributed by atoms with Crippen molar-refractivity contribution < 1.29 is 0 Å². The second-order valence-corrected chi connectivity index (χ2v) is 2.93. The molecule has 2 rings (SSSR count). The minimum Gasteiger partial charge on any atom is -0.302 e. The molecule has 0 amide bonds. The van der Waals surface area contributed by atoms with E-state index in [0.29, 0.717) is 5.69 Å². The van der Waals surface area contributed by atoms with Crippen LogP contribution < -0.4 is 0 Å². The van der Waals surface area contributed by atoms with Crippen molar-refractivity contribution in [2.45, 2.75) is 13.8 Å². The average Bonchev–Trinajstić information content (AvgIpc) is 2.46. The van der Waals surface area contributed by atoms with Gasteiger partial charge < -0.3 is 4.40 Å². The Kier molecular flexibility index (Phi) is 1.52. The summed E-state index contributed by atoms with van der Waals surface area (Å²) in [4.78, 5) is 8.25. The molecule has 0 fully saturated rings. The van der Waals surface area contributed by atoms with Gasteiger partial charge in [0.15, 0.2) is 5.69 Å². The topological polar surface area (TPSA) is 54.0 Å². The maximum absolute atomic E-state index is 8.85. The molecule has 64 valence electrons. The summed E-state index contributed by atoms with van der Waals surface area (Å²) in [7, 11) is 0. The Morgan fingerprint density at radius 2 is 2.23 bits per heavy atom. The van der Waals surface area contributed by atoms with E-state index in [0.717, 1.165) is 16.9 Å². The third-order valence-electron chi connectivity index (χ3n) is 1.92. The lowest BCUT2D eigenvalue weighted by Gasteiger charge is -1.98. The number of nitrogens with zero attached hydrogens (tertiary/aromatic N) is 4. The minimum atomic E-state index is 0.440. The average molecular weight is 172 g/mol. The van der Waals surface area contributed by atoms with Gasteiger partial charge >= 0.3 is 0 Å². The highest BCUT2D eigenvalue weighted by molar-refractivity contribution is 5.60. The zero-order valence-electron chi connectivity index (χ0n) is 7.44. The molecule has 0 aliphatic carbocycles. The lowest BCUT2D eigenvalue weighted by molar-refractivity contribution is 1.05. The fourth-order valence-electron chi connectivity index (χ4n) is 1.38. The molecule has 0 atom stereocenters. The van der Waals surface area contributed by atoms with Gasteiger partial charge in [-0.15, -0.1) is 0 Å². The Morgan fingerprint density at radius 3 is 2.92 bits per heavy atom. The number of fused-ring (bicyclic) bond motifs is 1. The molecule has 4 heteroatoms. The van der Waals surface area contributed by atoms with E-state index < -0.39 is 0 Å². The Hall–Kier alpha value is -1.89. The van der Waals surface area contributed by atoms with Gasteiger partial charge in [-0.3, -0.25) is 0 Å². The third kappa shape index (κ3) is 1.05. The van der Waals surface area contributed by atoms with Gasteiger partial charge in [0.25, 0.3) is 0 Å². The molecular weight excluding hydrogens is 164 g/mol. The number of rotatable bonds is 0. The zero-order valence-corrected chi connectivity index (χ0v) is 7.44. The van der Waals surface area contributed by atoms with Crippen molar-refractivity contribution in [3.05, 3.63) is 29.6 Å². The summed E-state index contributed by atoms with van der Waals surface area (Å²) in [6.07, 6.45) is 3.55. The van der Waals surface area contributed by atoms with E-state index in [1.165, 1.54) is 0 Å². The first kappa shape index (κ1) is 7.74. The number of imidazole rings is 1. The molecule has 4 nitrogen and oxygen atoms in total. The Balaban J connectivity index is 2.95. The molecule has 0 aromatic carbocycles. The van der Waals surface area contributed by atoms with Gasteiger partial charge in [-0.1, -0.05) is 0 Å². The van der Waals surface area contributed by atoms with Crippen molar-refractivity contribution in [2.75, 3.05) is 0 Å². The van der Waals surface area contributed by atoms with Gasteiger partial charge in [-0.25, -0.2) is 9.97 Å². The fourth-order valence-corrected chi connectivity index (χ4v) is 1.38. The second kappa shape index (κ2) is 2.56. The van der Waals surface area contributed by atoms with Crippen molar-refractivity contribution in [1.82, 2.24) is 14.4 Å². The highest BCUT2D eigenvalue weighted by Gasteiger charge is 2.07. The van der Waals surface area contributed by atoms with Gasteiger partial charge in [0.2, 0.25) is 0 Å². The molecule has 0 aliphatic rings. The summed E-state index contributed by atoms with van der Waals surface area (Å²) in [6, 6.07) is 2.07. The van der Waals surface area contributed by atoms with Crippen molar-refractivity contribution in [1.29, 1.82) is 5.26 Å². The fraction of sp³-hybridized carbons (Fsp3) is 0.222. The zero-order chi connectivity index (χ0) is 9.42. The van der Waals surface area contributed by atoms with E-state index in [9.17, 15) is 0 Å². The number of nitriles is 1. The lowest BCUT2D eigenvalue weighted by Crippen LogP contribution is -1.94. The van der Waals surface area contributed by atoms with Gasteiger partial charge in [-0.2, -0.15) is 5.26 Å². The molecule has 0 radical (unpaired) electrons. The molecule has 0 bridgehead atoms. The quantitative estimate of drug-likeness (QED) is 0.600. The van der Waals surface area contributed by atoms with Crippen LogP contribution in [-0.4, -0.2) is 14.4 Å². The molecule has 13 heavy (non-hydrogen) atoms. The van der Waals surface area contributed by atoms with Crippen molar-refractivity contribution >= 4 is 5.52 Å². The third-order valence-corrected chi connectivity index (χ3v) is 1.92. The molecule has 0 saturated carbocycles. The number of aromatic nitrogens is 3. The predicted molar refractivity (Wildman–Crippen MR) is 47.2 cm³/mol. The van der Waals surface area contributed by atoms with E-state index in [2.05, 4.69) is 16.0 Å². The Bertz CT molecular complexity index is 504. The summed E-state index contributed by atoms with van der Waals surface area (Å²) in [5.41, 5.74) is 2.90. The van der Waals surface area contributed by atoms with E-state index in [-0.39, 0.29) is 0 Å². The van der Waals surface area contributed by atoms with Gasteiger partial charge in [0.05, 0.1) is 17.7 Å². The summed E-state index contributed by atoms with van der Waals surface area (Å²) in [5.74, 6) is 0. The highest BCUT2D eigenvalue weighted by atomic mass is 15.0. The number of hydrogen-bond donors (Lipinski definition) is 0. The van der Waals surface area contributed by atoms with Gasteiger partial charge in [0, 0.05) is 6.20 Å². The molecule has 0 spiro atoms. The van der Waals surface area contributed by atoms with Crippen LogP contribution in [0, 0.1) is 25.2 Å². The predicted octanol–water partition coefficient (Wildman–Crippen LogP) is 1.22. The van der Waals surface area contributed by atoms with E-state index >= 15 is 0 Å². The molecule has 0 N–H and O–H groups in total. The molecular formula is C9H8N4. The number of hydrogen-bond acceptors (Lipinski definition) is 3. The number of aryl methyl sites for hydroxylation is 2. The van der Waals surface area contributed by atoms with Crippen LogP contribution in [0.25, 0.3) is 5.52 Å². The van der Waals surface area contributed by atoms with Crippen molar-refractivity contribution in [2.24, 2.45) is 0 Å². The molecule has 2 aromatic heterocycles. The van der Waals surface area contributed by atoms with E-state index in [1.807, 2.05) is 24.4 Å². The molecule has 0 unspecified atom stereocenters. The van der Waals surface area contributed by atoms with Gasteiger partial charge in [-0.05, 0) is 13.8 Å². The maximum atomic E-state index is 8.85. The van der Waals surface area contributed by atoms with E-state index in [1.54, 1.807) is 6.33 Å². The van der Waals surface area contributed by atoms with Crippen LogP contribution in [-0.2, 0) is 0 Å². The molecule has 2 heterocycles. The van der Waals surface area contributed by atoms with E-state index in [4.69, 9.17) is 5.26 Å². The van der Waals surface area contributed by atoms with Crippen LogP contribution in [0.2, 0.25) is 0 Å². The summed E-state index contributed by atoms with van der Waals surface area (Å²) in [5, 5.41) is 8.85. The second-order valence-electron chi connectivity index (χ2n) is 2.93. The standard InChI is InChI=1S/C9H8N4/c1-6-4-13-5-11-7(2)9(13)8(3-10)12-6/h4-5H,1-2H3. The smallest absolute Gasteiger partial charge is 0.166 e. The first-order chi connectivity index (χ1) is 6.22. The minimum absolute atomic E-state index is 0.440. The maximum Gasteiger partial charge on any atom is 0.166 e. The summed E-state index contributed by atoms with van der Waals surface area (Å²) < 4.78 is 1.83. The van der Waals surface area contributed by atoms with Crippen LogP contribution in [0.4, 0.5) is 0 Å². The van der Waals surface area contributed by atoms with Gasteiger partial charge in [0.1, 0.15) is 11.6 Å². The Morgan fingerprint density at radius 1 is 1.46 bits per heavy atom. The lowest BCUT2D eigenvalue weighted by atomic mass is 10.3. The van der Waals surface area contributed by atoms with Crippen LogP contribution in [0.3, 0.4) is 0 Å². The molecule has 0 saturated heterocycles. The SMILES string of the molecule is Cc1cn2cnc(C)c2c(C#N)n1. The molecule has 0 aliphatic heterocycles. The van der Waals surface area contributed by atoms with Crippen LogP contribution in [0.15, 0.2) is 12.5 Å². The first-order valence-corrected chi connectivity index (χ1v) is 3.93. The van der Waals surface area contributed by atoms with Crippen LogP contribution in [0.5, 0.6) is 0 Å². The van der Waals surface area contributed by atoms with Crippen LogP contribution >= 0.6 is 0 Å². The largest absolute Gasteiger partial charge is 0.302 e. The van der Waals surface area contributed by atoms with Crippen molar-refractivity contribution in [3.63, 3.8) is 0 Å². The van der Waals surface area contributed by atoms with Crippen molar-refractivity contribution in [3.8, 4) is 6.07 Å². The highest BCUT2D eigenvalue weighted by Crippen LogP contribution is 2.12. The van der Waals surface area contributed by atoms with Crippen LogP contribution in [0.1, 0.15) is 17.1 Å². The first-order valence-electron chi connectivity index (χ1n) is 3.93. The monoisotopic (exact) mass is 172 g/mol. The normalized spacial score (nSPS) is 10.2. The summed E-state index contributed by atoms with van der Waals surface area (Å²) in [6.45, 7) is 3.72. The summed E-state index contributed by atoms with van der Waals surface area (Å²) >= 11 is 0.